The van der Waals surface area contributed by atoms with Gasteiger partial charge in [-0.25, -0.2) is 4.79 Å². The molecule has 1 aliphatic rings. The second-order valence-corrected chi connectivity index (χ2v) is 8.55. The second-order valence-electron chi connectivity index (χ2n) is 7.51. The van der Waals surface area contributed by atoms with Crippen LogP contribution in [0.4, 0.5) is 0 Å². The largest absolute Gasteiger partial charge is 0.356 e. The van der Waals surface area contributed by atoms with E-state index in [1.54, 1.807) is 4.57 Å². The lowest BCUT2D eigenvalue weighted by Crippen LogP contribution is -2.34. The van der Waals surface area contributed by atoms with E-state index in [1.165, 1.54) is 17.3 Å². The van der Waals surface area contributed by atoms with E-state index in [0.717, 1.165) is 28.9 Å². The molecule has 0 radical (unpaired) electrons. The van der Waals surface area contributed by atoms with Crippen molar-refractivity contribution < 1.29 is 4.74 Å². The van der Waals surface area contributed by atoms with Gasteiger partial charge in [-0.15, -0.1) is 0 Å². The van der Waals surface area contributed by atoms with Crippen molar-refractivity contribution in [2.24, 2.45) is 0 Å². The minimum atomic E-state index is -0.431. The molecule has 1 N–H and O–H groups in total. The number of aromatic nitrogens is 2. The van der Waals surface area contributed by atoms with Crippen LogP contribution < -0.4 is 11.2 Å². The van der Waals surface area contributed by atoms with Crippen molar-refractivity contribution in [1.29, 1.82) is 0 Å². The second kappa shape index (κ2) is 8.43. The third-order valence-electron chi connectivity index (χ3n) is 5.04. The van der Waals surface area contributed by atoms with Gasteiger partial charge in [-0.2, -0.15) is 0 Å². The van der Waals surface area contributed by atoms with Crippen molar-refractivity contribution in [3.63, 3.8) is 0 Å². The molecule has 1 aromatic heterocycles. The van der Waals surface area contributed by atoms with E-state index in [9.17, 15) is 9.59 Å². The molecule has 3 aromatic rings. The lowest BCUT2D eigenvalue weighted by molar-refractivity contribution is 0.0550. The Labute approximate surface area is 173 Å². The number of aromatic amines is 1. The van der Waals surface area contributed by atoms with Gasteiger partial charge in [0.2, 0.25) is 0 Å². The zero-order chi connectivity index (χ0) is 20.4. The molecule has 150 valence electrons. The van der Waals surface area contributed by atoms with Gasteiger partial charge in [0, 0.05) is 4.90 Å². The van der Waals surface area contributed by atoms with Gasteiger partial charge in [-0.1, -0.05) is 59.8 Å². The van der Waals surface area contributed by atoms with Gasteiger partial charge >= 0.3 is 5.69 Å². The smallest absolute Gasteiger partial charge is 0.331 e. The van der Waals surface area contributed by atoms with Gasteiger partial charge in [0.15, 0.2) is 0 Å². The first-order valence-electron chi connectivity index (χ1n) is 9.76. The highest BCUT2D eigenvalue weighted by atomic mass is 32.2. The van der Waals surface area contributed by atoms with Gasteiger partial charge in [0.25, 0.3) is 5.56 Å². The molecule has 6 heteroatoms. The molecule has 4 rings (SSSR count). The molecule has 29 heavy (non-hydrogen) atoms. The molecule has 5 nitrogen and oxygen atoms in total. The first-order chi connectivity index (χ1) is 14.0. The van der Waals surface area contributed by atoms with E-state index in [-0.39, 0.29) is 18.2 Å². The van der Waals surface area contributed by atoms with Crippen LogP contribution in [-0.2, 0) is 18.1 Å². The molecule has 1 heterocycles. The fraction of sp³-hybridized carbons (Fsp3) is 0.304. The zero-order valence-corrected chi connectivity index (χ0v) is 17.4. The highest BCUT2D eigenvalue weighted by Gasteiger charge is 2.31. The Bertz CT molecular complexity index is 1130. The predicted molar refractivity (Wildman–Crippen MR) is 115 cm³/mol. The molecule has 2 aromatic carbocycles. The summed E-state index contributed by atoms with van der Waals surface area (Å²) in [5.74, 6) is 0.216. The summed E-state index contributed by atoms with van der Waals surface area (Å²) >= 11 is 1.48. The van der Waals surface area contributed by atoms with Crippen molar-refractivity contribution in [3.05, 3.63) is 91.6 Å². The van der Waals surface area contributed by atoms with Crippen molar-refractivity contribution >= 4 is 11.8 Å². The molecule has 1 saturated carbocycles. The number of H-pyrrole nitrogens is 1. The molecule has 0 bridgehead atoms. The van der Waals surface area contributed by atoms with Crippen molar-refractivity contribution in [3.8, 4) is 0 Å². The summed E-state index contributed by atoms with van der Waals surface area (Å²) < 4.78 is 7.39. The van der Waals surface area contributed by atoms with Gasteiger partial charge in [0.05, 0.1) is 17.2 Å². The Balaban J connectivity index is 1.68. The Morgan fingerprint density at radius 2 is 1.86 bits per heavy atom. The van der Waals surface area contributed by atoms with Crippen LogP contribution in [0.1, 0.15) is 41.0 Å². The summed E-state index contributed by atoms with van der Waals surface area (Å²) in [7, 11) is 0. The Hall–Kier alpha value is -2.57. The van der Waals surface area contributed by atoms with Crippen molar-refractivity contribution in [1.82, 2.24) is 9.55 Å². The van der Waals surface area contributed by atoms with E-state index >= 15 is 0 Å². The van der Waals surface area contributed by atoms with Crippen LogP contribution in [0.5, 0.6) is 0 Å². The highest BCUT2D eigenvalue weighted by molar-refractivity contribution is 7.99. The normalized spacial score (nSPS) is 13.6. The van der Waals surface area contributed by atoms with Gasteiger partial charge in [0.1, 0.15) is 6.73 Å². The molecule has 0 aliphatic heterocycles. The van der Waals surface area contributed by atoms with Crippen molar-refractivity contribution in [2.75, 3.05) is 0 Å². The Kier molecular flexibility index (Phi) is 5.74. The molecule has 0 unspecified atom stereocenters. The third kappa shape index (κ3) is 4.54. The Morgan fingerprint density at radius 3 is 2.55 bits per heavy atom. The van der Waals surface area contributed by atoms with E-state index in [0.29, 0.717) is 17.2 Å². The maximum Gasteiger partial charge on any atom is 0.331 e. The quantitative estimate of drug-likeness (QED) is 0.590. The van der Waals surface area contributed by atoms with Crippen LogP contribution in [0.15, 0.2) is 68.0 Å². The average molecular weight is 409 g/mol. The first kappa shape index (κ1) is 19.7. The summed E-state index contributed by atoms with van der Waals surface area (Å²) in [5.41, 5.74) is 3.35. The maximum absolute atomic E-state index is 12.6. The van der Waals surface area contributed by atoms with Gasteiger partial charge in [-0.05, 0) is 49.8 Å². The fourth-order valence-corrected chi connectivity index (χ4v) is 4.55. The van der Waals surface area contributed by atoms with Crippen LogP contribution in [0, 0.1) is 13.8 Å². The SMILES string of the molecule is Cc1ccc(Sc2c(C3CC3)c(=O)[nH]c(=O)n2COCc2ccccc2)c(C)c1. The van der Waals surface area contributed by atoms with Crippen LogP contribution in [0.25, 0.3) is 0 Å². The first-order valence-corrected chi connectivity index (χ1v) is 10.6. The number of hydrogen-bond acceptors (Lipinski definition) is 4. The summed E-state index contributed by atoms with van der Waals surface area (Å²) in [5, 5.41) is 0.696. The van der Waals surface area contributed by atoms with Crippen LogP contribution in [0.2, 0.25) is 0 Å². The van der Waals surface area contributed by atoms with Crippen LogP contribution in [-0.4, -0.2) is 9.55 Å². The summed E-state index contributed by atoms with van der Waals surface area (Å²) in [6.45, 7) is 4.60. The van der Waals surface area contributed by atoms with E-state index in [2.05, 4.69) is 18.0 Å². The van der Waals surface area contributed by atoms with Gasteiger partial charge < -0.3 is 4.74 Å². The van der Waals surface area contributed by atoms with E-state index in [4.69, 9.17) is 4.74 Å². The molecule has 0 saturated heterocycles. The minimum absolute atomic E-state index is 0.0947. The topological polar surface area (TPSA) is 64.1 Å². The summed E-state index contributed by atoms with van der Waals surface area (Å²) in [6, 6.07) is 16.0. The lowest BCUT2D eigenvalue weighted by Gasteiger charge is -2.17. The summed E-state index contributed by atoms with van der Waals surface area (Å²) in [4.78, 5) is 28.8. The van der Waals surface area contributed by atoms with Gasteiger partial charge in [-0.3, -0.25) is 14.3 Å². The number of nitrogens with one attached hydrogen (secondary N) is 1. The van der Waals surface area contributed by atoms with Crippen LogP contribution in [0.3, 0.4) is 0 Å². The fourth-order valence-electron chi connectivity index (χ4n) is 3.37. The number of benzene rings is 2. The van der Waals surface area contributed by atoms with E-state index < -0.39 is 5.69 Å². The average Bonchev–Trinajstić information content (AvgIpc) is 3.52. The number of nitrogens with zero attached hydrogens (tertiary/aromatic N) is 1. The minimum Gasteiger partial charge on any atom is -0.356 e. The number of hydrogen-bond donors (Lipinski definition) is 1. The van der Waals surface area contributed by atoms with Crippen LogP contribution >= 0.6 is 11.8 Å². The summed E-state index contributed by atoms with van der Waals surface area (Å²) in [6.07, 6.45) is 1.96. The van der Waals surface area contributed by atoms with Crippen molar-refractivity contribution in [2.45, 2.75) is 55.9 Å². The number of aryl methyl sites for hydroxylation is 2. The highest BCUT2D eigenvalue weighted by Crippen LogP contribution is 2.43. The molecular formula is C23H24N2O3S. The molecule has 0 amide bonds. The standard InChI is InChI=1S/C23H24N2O3S/c1-15-8-11-19(16(2)12-15)29-22-20(18-9-10-18)21(26)24-23(27)25(22)14-28-13-17-6-4-3-5-7-17/h3-8,11-12,18H,9-10,13-14H2,1-2H3,(H,24,26,27). The molecule has 1 aliphatic carbocycles. The van der Waals surface area contributed by atoms with E-state index in [1.807, 2.05) is 49.4 Å². The predicted octanol–water partition coefficient (Wildman–Crippen LogP) is 4.36. The monoisotopic (exact) mass is 408 g/mol. The Morgan fingerprint density at radius 1 is 1.10 bits per heavy atom. The lowest BCUT2D eigenvalue weighted by atomic mass is 10.2. The number of ether oxygens (including phenoxy) is 1. The molecule has 1 fully saturated rings. The molecule has 0 atom stereocenters. The molecular weight excluding hydrogens is 384 g/mol. The zero-order valence-electron chi connectivity index (χ0n) is 16.6. The molecule has 0 spiro atoms. The number of rotatable bonds is 7. The maximum atomic E-state index is 12.6. The third-order valence-corrected chi connectivity index (χ3v) is 6.35.